The minimum absolute atomic E-state index is 0.0188. The highest BCUT2D eigenvalue weighted by Crippen LogP contribution is 2.16. The third-order valence-corrected chi connectivity index (χ3v) is 5.62. The zero-order valence-electron chi connectivity index (χ0n) is 13.5. The minimum atomic E-state index is -3.55. The first-order valence-electron chi connectivity index (χ1n) is 7.57. The van der Waals surface area contributed by atoms with E-state index in [0.717, 1.165) is 0 Å². The molecular formula is C14H26N2O5S. The maximum Gasteiger partial charge on any atom is 0.237 e. The number of carbonyl (C=O) groups is 2. The fourth-order valence-corrected chi connectivity index (χ4v) is 3.66. The van der Waals surface area contributed by atoms with Gasteiger partial charge < -0.3 is 9.64 Å². The second kappa shape index (κ2) is 8.59. The Morgan fingerprint density at radius 2 is 1.86 bits per heavy atom. The molecule has 0 bridgehead atoms. The number of hydrogen-bond donors (Lipinski definition) is 1. The van der Waals surface area contributed by atoms with Crippen molar-refractivity contribution in [1.29, 1.82) is 0 Å². The Balaban J connectivity index is 2.26. The summed E-state index contributed by atoms with van der Waals surface area (Å²) in [7, 11) is -3.55. The van der Waals surface area contributed by atoms with Crippen molar-refractivity contribution in [2.45, 2.75) is 38.9 Å². The normalized spacial score (nSPS) is 17.6. The molecule has 1 amide bonds. The molecule has 0 saturated carbocycles. The van der Waals surface area contributed by atoms with Crippen LogP contribution in [0.25, 0.3) is 0 Å². The van der Waals surface area contributed by atoms with Gasteiger partial charge in [0.1, 0.15) is 6.61 Å². The van der Waals surface area contributed by atoms with E-state index in [-0.39, 0.29) is 18.3 Å². The van der Waals surface area contributed by atoms with Crippen LogP contribution in [-0.4, -0.2) is 63.1 Å². The molecule has 0 atom stereocenters. The van der Waals surface area contributed by atoms with Gasteiger partial charge in [-0.25, -0.2) is 8.42 Å². The molecule has 0 spiro atoms. The van der Waals surface area contributed by atoms with E-state index in [1.165, 1.54) is 6.92 Å². The molecule has 0 aromatic carbocycles. The van der Waals surface area contributed by atoms with Crippen LogP contribution in [0, 0.1) is 5.92 Å². The van der Waals surface area contributed by atoms with Crippen molar-refractivity contribution in [2.24, 2.45) is 5.92 Å². The lowest BCUT2D eigenvalue weighted by molar-refractivity contribution is -0.126. The monoisotopic (exact) mass is 334 g/mol. The molecule has 1 aliphatic heterocycles. The van der Waals surface area contributed by atoms with Crippen LogP contribution in [0.1, 0.15) is 33.6 Å². The lowest BCUT2D eigenvalue weighted by Crippen LogP contribution is -2.45. The number of ether oxygens (including phenoxy) is 1. The van der Waals surface area contributed by atoms with Gasteiger partial charge in [0.15, 0.2) is 5.78 Å². The van der Waals surface area contributed by atoms with Gasteiger partial charge >= 0.3 is 0 Å². The largest absolute Gasteiger partial charge is 0.372 e. The summed E-state index contributed by atoms with van der Waals surface area (Å²) in [5.41, 5.74) is 0. The third-order valence-electron chi connectivity index (χ3n) is 3.70. The topological polar surface area (TPSA) is 92.8 Å². The molecule has 1 aliphatic rings. The van der Waals surface area contributed by atoms with E-state index in [9.17, 15) is 18.0 Å². The van der Waals surface area contributed by atoms with Crippen LogP contribution in [0.2, 0.25) is 0 Å². The molecule has 1 N–H and O–H groups in total. The van der Waals surface area contributed by atoms with E-state index in [1.54, 1.807) is 0 Å². The third kappa shape index (κ3) is 6.41. The average molecular weight is 334 g/mol. The SMILES string of the molecule is CC(=O)NS(=O)(=O)C1CCN(CCOCC(=O)C(C)C)CC1. The highest BCUT2D eigenvalue weighted by molar-refractivity contribution is 7.90. The summed E-state index contributed by atoms with van der Waals surface area (Å²) in [4.78, 5) is 24.4. The molecule has 1 rings (SSSR count). The Kier molecular flexibility index (Phi) is 7.44. The van der Waals surface area contributed by atoms with Crippen molar-refractivity contribution in [1.82, 2.24) is 9.62 Å². The van der Waals surface area contributed by atoms with Gasteiger partial charge in [-0.15, -0.1) is 0 Å². The molecule has 22 heavy (non-hydrogen) atoms. The van der Waals surface area contributed by atoms with E-state index in [1.807, 2.05) is 18.6 Å². The van der Waals surface area contributed by atoms with Gasteiger partial charge in [0.2, 0.25) is 15.9 Å². The lowest BCUT2D eigenvalue weighted by atomic mass is 10.1. The van der Waals surface area contributed by atoms with Crippen molar-refractivity contribution in [3.63, 3.8) is 0 Å². The van der Waals surface area contributed by atoms with Gasteiger partial charge in [-0.05, 0) is 25.9 Å². The summed E-state index contributed by atoms with van der Waals surface area (Å²) in [6, 6.07) is 0. The van der Waals surface area contributed by atoms with Gasteiger partial charge in [-0.3, -0.25) is 14.3 Å². The Labute approximate surface area is 132 Å². The minimum Gasteiger partial charge on any atom is -0.372 e. The number of amides is 1. The number of hydrogen-bond acceptors (Lipinski definition) is 6. The summed E-state index contributed by atoms with van der Waals surface area (Å²) in [5, 5.41) is -0.518. The zero-order chi connectivity index (χ0) is 16.8. The second-order valence-corrected chi connectivity index (χ2v) is 7.88. The first-order valence-corrected chi connectivity index (χ1v) is 9.12. The number of carbonyl (C=O) groups excluding carboxylic acids is 2. The number of piperidine rings is 1. The molecule has 0 aromatic rings. The van der Waals surface area contributed by atoms with E-state index >= 15 is 0 Å². The number of nitrogens with one attached hydrogen (secondary N) is 1. The number of likely N-dealkylation sites (tertiary alicyclic amines) is 1. The van der Waals surface area contributed by atoms with Crippen LogP contribution in [0.5, 0.6) is 0 Å². The summed E-state index contributed by atoms with van der Waals surface area (Å²) in [5.74, 6) is -0.486. The van der Waals surface area contributed by atoms with Gasteiger partial charge in [0, 0.05) is 19.4 Å². The van der Waals surface area contributed by atoms with Gasteiger partial charge in [0.05, 0.1) is 11.9 Å². The van der Waals surface area contributed by atoms with Crippen LogP contribution < -0.4 is 4.72 Å². The molecule has 1 fully saturated rings. The van der Waals surface area contributed by atoms with Crippen molar-refractivity contribution in [3.05, 3.63) is 0 Å². The molecule has 0 aliphatic carbocycles. The van der Waals surface area contributed by atoms with Crippen molar-refractivity contribution in [2.75, 3.05) is 32.8 Å². The van der Waals surface area contributed by atoms with E-state index in [4.69, 9.17) is 4.74 Å². The number of ketones is 1. The van der Waals surface area contributed by atoms with E-state index in [2.05, 4.69) is 4.90 Å². The summed E-state index contributed by atoms with van der Waals surface area (Å²) in [6.07, 6.45) is 0.987. The molecule has 128 valence electrons. The number of nitrogens with zero attached hydrogens (tertiary/aromatic N) is 1. The molecule has 8 heteroatoms. The second-order valence-electron chi connectivity index (χ2n) is 5.92. The zero-order valence-corrected chi connectivity index (χ0v) is 14.3. The van der Waals surface area contributed by atoms with Gasteiger partial charge in [-0.2, -0.15) is 0 Å². The van der Waals surface area contributed by atoms with Crippen LogP contribution >= 0.6 is 0 Å². The highest BCUT2D eigenvalue weighted by atomic mass is 32.2. The summed E-state index contributed by atoms with van der Waals surface area (Å²) < 4.78 is 31.1. The fraction of sp³-hybridized carbons (Fsp3) is 0.857. The van der Waals surface area contributed by atoms with Gasteiger partial charge in [-0.1, -0.05) is 13.8 Å². The number of Topliss-reactive ketones (excluding diaryl/α,β-unsaturated/α-hetero) is 1. The highest BCUT2D eigenvalue weighted by Gasteiger charge is 2.30. The molecule has 7 nitrogen and oxygen atoms in total. The van der Waals surface area contributed by atoms with Crippen molar-refractivity contribution < 1.29 is 22.7 Å². The van der Waals surface area contributed by atoms with Crippen LogP contribution in [0.15, 0.2) is 0 Å². The van der Waals surface area contributed by atoms with Crippen molar-refractivity contribution in [3.8, 4) is 0 Å². The summed E-state index contributed by atoms with van der Waals surface area (Å²) >= 11 is 0. The molecule has 0 aromatic heterocycles. The van der Waals surface area contributed by atoms with Crippen LogP contribution in [0.4, 0.5) is 0 Å². The summed E-state index contributed by atoms with van der Waals surface area (Å²) in [6.45, 7) is 7.43. The predicted molar refractivity (Wildman–Crippen MR) is 82.9 cm³/mol. The van der Waals surface area contributed by atoms with Crippen LogP contribution in [-0.2, 0) is 24.3 Å². The fourth-order valence-electron chi connectivity index (χ4n) is 2.26. The lowest BCUT2D eigenvalue weighted by Gasteiger charge is -2.31. The molecule has 1 saturated heterocycles. The quantitative estimate of drug-likeness (QED) is 0.636. The Hall–Kier alpha value is -0.990. The first kappa shape index (κ1) is 19.1. The number of rotatable bonds is 8. The standard InChI is InChI=1S/C14H26N2O5S/c1-11(2)14(18)10-21-9-8-16-6-4-13(5-7-16)22(19,20)15-12(3)17/h11,13H,4-10H2,1-3H3,(H,15,17). The average Bonchev–Trinajstić information content (AvgIpc) is 2.42. The first-order chi connectivity index (χ1) is 10.2. The predicted octanol–water partition coefficient (Wildman–Crippen LogP) is 0.158. The maximum absolute atomic E-state index is 11.9. The molecule has 0 radical (unpaired) electrons. The van der Waals surface area contributed by atoms with E-state index in [0.29, 0.717) is 39.1 Å². The van der Waals surface area contributed by atoms with Gasteiger partial charge in [0.25, 0.3) is 0 Å². The smallest absolute Gasteiger partial charge is 0.237 e. The molecule has 0 unspecified atom stereocenters. The molecular weight excluding hydrogens is 308 g/mol. The van der Waals surface area contributed by atoms with E-state index < -0.39 is 21.2 Å². The maximum atomic E-state index is 11.9. The Morgan fingerprint density at radius 3 is 2.36 bits per heavy atom. The van der Waals surface area contributed by atoms with Crippen LogP contribution in [0.3, 0.4) is 0 Å². The molecule has 1 heterocycles. The number of sulfonamides is 1. The Morgan fingerprint density at radius 1 is 1.27 bits per heavy atom. The Bertz CT molecular complexity index is 481. The van der Waals surface area contributed by atoms with Crippen molar-refractivity contribution >= 4 is 21.7 Å².